The van der Waals surface area contributed by atoms with Gasteiger partial charge in [0.25, 0.3) is 0 Å². The summed E-state index contributed by atoms with van der Waals surface area (Å²) >= 11 is 0. The van der Waals surface area contributed by atoms with Crippen molar-refractivity contribution in [2.75, 3.05) is 6.54 Å². The molecule has 0 bridgehead atoms. The van der Waals surface area contributed by atoms with Crippen LogP contribution in [-0.4, -0.2) is 23.2 Å². The van der Waals surface area contributed by atoms with Gasteiger partial charge in [-0.25, -0.2) is 0 Å². The molecule has 0 amide bonds. The number of nitrogens with one attached hydrogen (secondary N) is 1. The van der Waals surface area contributed by atoms with Crippen molar-refractivity contribution in [3.05, 3.63) is 35.9 Å². The molecule has 1 aromatic carbocycles. The van der Waals surface area contributed by atoms with Gasteiger partial charge in [-0.3, -0.25) is 4.79 Å². The maximum absolute atomic E-state index is 11.6. The summed E-state index contributed by atoms with van der Waals surface area (Å²) < 4.78 is 0. The van der Waals surface area contributed by atoms with Gasteiger partial charge in [0, 0.05) is 5.92 Å². The second kappa shape index (κ2) is 4.88. The van der Waals surface area contributed by atoms with Gasteiger partial charge in [-0.05, 0) is 31.4 Å². The molecule has 0 radical (unpaired) electrons. The topological polar surface area (TPSA) is 49.3 Å². The Morgan fingerprint density at radius 2 is 2.18 bits per heavy atom. The summed E-state index contributed by atoms with van der Waals surface area (Å²) in [5.74, 6) is -0.672. The molecule has 1 saturated heterocycles. The van der Waals surface area contributed by atoms with Crippen LogP contribution in [0.4, 0.5) is 0 Å². The molecule has 0 aliphatic carbocycles. The van der Waals surface area contributed by atoms with Gasteiger partial charge in [0.1, 0.15) is 5.54 Å². The molecule has 2 unspecified atom stereocenters. The predicted molar refractivity (Wildman–Crippen MR) is 67.1 cm³/mol. The van der Waals surface area contributed by atoms with Crippen molar-refractivity contribution in [1.29, 1.82) is 0 Å². The van der Waals surface area contributed by atoms with Gasteiger partial charge in [0.05, 0.1) is 0 Å². The lowest BCUT2D eigenvalue weighted by molar-refractivity contribution is -0.145. The molecular formula is C14H19NO2. The lowest BCUT2D eigenvalue weighted by atomic mass is 9.76. The van der Waals surface area contributed by atoms with Gasteiger partial charge in [-0.2, -0.15) is 0 Å². The van der Waals surface area contributed by atoms with Crippen LogP contribution in [0.3, 0.4) is 0 Å². The van der Waals surface area contributed by atoms with Crippen molar-refractivity contribution >= 4 is 5.97 Å². The standard InChI is InChI=1S/C14H19NO2/c1-2-12(11-7-4-3-5-8-11)14(13(16)17)9-6-10-15-14/h3-5,7-8,12,15H,2,6,9-10H2,1H3,(H,16,17). The third kappa shape index (κ3) is 2.07. The van der Waals surface area contributed by atoms with Crippen molar-refractivity contribution in [2.24, 2.45) is 0 Å². The monoisotopic (exact) mass is 233 g/mol. The number of benzene rings is 1. The first-order valence-electron chi connectivity index (χ1n) is 6.24. The fourth-order valence-corrected chi connectivity index (χ4v) is 2.95. The number of rotatable bonds is 4. The summed E-state index contributed by atoms with van der Waals surface area (Å²) in [5.41, 5.74) is 0.350. The van der Waals surface area contributed by atoms with Crippen LogP contribution in [0.15, 0.2) is 30.3 Å². The Morgan fingerprint density at radius 1 is 1.47 bits per heavy atom. The van der Waals surface area contributed by atoms with E-state index in [0.717, 1.165) is 31.4 Å². The van der Waals surface area contributed by atoms with Crippen LogP contribution in [-0.2, 0) is 4.79 Å². The Balaban J connectivity index is 2.37. The second-order valence-corrected chi connectivity index (χ2v) is 4.68. The van der Waals surface area contributed by atoms with Crippen LogP contribution < -0.4 is 5.32 Å². The molecule has 0 aromatic heterocycles. The summed E-state index contributed by atoms with van der Waals surface area (Å²) in [6.45, 7) is 2.86. The lowest BCUT2D eigenvalue weighted by Crippen LogP contribution is -2.52. The molecule has 2 atom stereocenters. The third-order valence-corrected chi connectivity index (χ3v) is 3.78. The highest BCUT2D eigenvalue weighted by Gasteiger charge is 2.47. The van der Waals surface area contributed by atoms with E-state index in [1.54, 1.807) is 0 Å². The van der Waals surface area contributed by atoms with E-state index in [1.165, 1.54) is 0 Å². The van der Waals surface area contributed by atoms with Gasteiger partial charge in [-0.15, -0.1) is 0 Å². The Labute approximate surface area is 102 Å². The van der Waals surface area contributed by atoms with Crippen molar-refractivity contribution in [2.45, 2.75) is 37.6 Å². The molecule has 1 aliphatic rings. The smallest absolute Gasteiger partial charge is 0.324 e. The minimum atomic E-state index is -0.768. The van der Waals surface area contributed by atoms with Gasteiger partial charge in [-0.1, -0.05) is 37.3 Å². The van der Waals surface area contributed by atoms with Crippen LogP contribution in [0.1, 0.15) is 37.7 Å². The summed E-state index contributed by atoms with van der Waals surface area (Å²) in [6.07, 6.45) is 2.49. The lowest BCUT2D eigenvalue weighted by Gasteiger charge is -2.33. The number of carboxylic acid groups (broad SMARTS) is 1. The first-order valence-corrected chi connectivity index (χ1v) is 6.24. The molecule has 17 heavy (non-hydrogen) atoms. The minimum Gasteiger partial charge on any atom is -0.480 e. The van der Waals surface area contributed by atoms with Crippen LogP contribution >= 0.6 is 0 Å². The zero-order chi connectivity index (χ0) is 12.3. The Bertz CT molecular complexity index is 382. The zero-order valence-electron chi connectivity index (χ0n) is 10.1. The average Bonchev–Trinajstić information content (AvgIpc) is 2.82. The molecule has 0 saturated carbocycles. The highest BCUT2D eigenvalue weighted by atomic mass is 16.4. The van der Waals surface area contributed by atoms with E-state index in [0.29, 0.717) is 0 Å². The van der Waals surface area contributed by atoms with E-state index in [1.807, 2.05) is 30.3 Å². The first kappa shape index (κ1) is 12.1. The normalized spacial score (nSPS) is 25.7. The fraction of sp³-hybridized carbons (Fsp3) is 0.500. The second-order valence-electron chi connectivity index (χ2n) is 4.68. The highest BCUT2D eigenvalue weighted by molar-refractivity contribution is 5.81. The molecule has 1 heterocycles. The van der Waals surface area contributed by atoms with E-state index >= 15 is 0 Å². The molecule has 1 fully saturated rings. The van der Waals surface area contributed by atoms with Crippen molar-refractivity contribution in [3.8, 4) is 0 Å². The van der Waals surface area contributed by atoms with Crippen molar-refractivity contribution in [1.82, 2.24) is 5.32 Å². The van der Waals surface area contributed by atoms with Crippen LogP contribution in [0.2, 0.25) is 0 Å². The SMILES string of the molecule is CCC(c1ccccc1)C1(C(=O)O)CCCN1. The maximum Gasteiger partial charge on any atom is 0.324 e. The van der Waals surface area contributed by atoms with Gasteiger partial charge in [0.15, 0.2) is 0 Å². The number of carboxylic acids is 1. The third-order valence-electron chi connectivity index (χ3n) is 3.78. The number of aliphatic carboxylic acids is 1. The van der Waals surface area contributed by atoms with Crippen molar-refractivity contribution in [3.63, 3.8) is 0 Å². The van der Waals surface area contributed by atoms with Gasteiger partial charge in [0.2, 0.25) is 0 Å². The first-order chi connectivity index (χ1) is 8.20. The summed E-state index contributed by atoms with van der Waals surface area (Å²) in [5, 5.41) is 12.8. The van der Waals surface area contributed by atoms with E-state index in [-0.39, 0.29) is 5.92 Å². The molecule has 2 rings (SSSR count). The Morgan fingerprint density at radius 3 is 2.65 bits per heavy atom. The largest absolute Gasteiger partial charge is 0.480 e. The van der Waals surface area contributed by atoms with Gasteiger partial charge >= 0.3 is 5.97 Å². The van der Waals surface area contributed by atoms with E-state index in [4.69, 9.17) is 0 Å². The van der Waals surface area contributed by atoms with E-state index < -0.39 is 11.5 Å². The molecule has 2 N–H and O–H groups in total. The molecule has 1 aromatic rings. The zero-order valence-corrected chi connectivity index (χ0v) is 10.1. The summed E-state index contributed by atoms with van der Waals surface area (Å²) in [4.78, 5) is 11.6. The van der Waals surface area contributed by atoms with Crippen LogP contribution in [0.5, 0.6) is 0 Å². The van der Waals surface area contributed by atoms with Gasteiger partial charge < -0.3 is 10.4 Å². The maximum atomic E-state index is 11.6. The molecule has 3 heteroatoms. The summed E-state index contributed by atoms with van der Waals surface area (Å²) in [7, 11) is 0. The minimum absolute atomic E-state index is 0.0451. The highest BCUT2D eigenvalue weighted by Crippen LogP contribution is 2.37. The Kier molecular flexibility index (Phi) is 3.48. The predicted octanol–water partition coefficient (Wildman–Crippen LogP) is 2.39. The molecule has 92 valence electrons. The Hall–Kier alpha value is -1.35. The molecule has 3 nitrogen and oxygen atoms in total. The van der Waals surface area contributed by atoms with E-state index in [2.05, 4.69) is 12.2 Å². The molecule has 0 spiro atoms. The van der Waals surface area contributed by atoms with Crippen LogP contribution in [0.25, 0.3) is 0 Å². The molecule has 1 aliphatic heterocycles. The number of carbonyl (C=O) groups is 1. The van der Waals surface area contributed by atoms with Crippen LogP contribution in [0, 0.1) is 0 Å². The average molecular weight is 233 g/mol. The quantitative estimate of drug-likeness (QED) is 0.839. The fourth-order valence-electron chi connectivity index (χ4n) is 2.95. The van der Waals surface area contributed by atoms with E-state index in [9.17, 15) is 9.90 Å². The number of hydrogen-bond acceptors (Lipinski definition) is 2. The number of hydrogen-bond donors (Lipinski definition) is 2. The molecular weight excluding hydrogens is 214 g/mol. The van der Waals surface area contributed by atoms with Crippen molar-refractivity contribution < 1.29 is 9.90 Å². The summed E-state index contributed by atoms with van der Waals surface area (Å²) in [6, 6.07) is 9.97.